The smallest absolute Gasteiger partial charge is 0.317 e. The van der Waals surface area contributed by atoms with Crippen LogP contribution >= 0.6 is 0 Å². The number of carbonyl (C=O) groups is 2. The molecule has 1 aliphatic rings. The number of urea groups is 1. The largest absolute Gasteiger partial charge is 0.461 e. The van der Waals surface area contributed by atoms with E-state index < -0.39 is 0 Å². The number of hydrogen-bond acceptors (Lipinski definition) is 4. The summed E-state index contributed by atoms with van der Waals surface area (Å²) in [6.45, 7) is 8.88. The summed E-state index contributed by atoms with van der Waals surface area (Å²) in [7, 11) is 0. The average Bonchev–Trinajstić information content (AvgIpc) is 2.91. The minimum absolute atomic E-state index is 0.0207. The third-order valence-corrected chi connectivity index (χ3v) is 3.30. The Bertz CT molecular complexity index is 483. The van der Waals surface area contributed by atoms with Crippen molar-refractivity contribution in [3.8, 4) is 0 Å². The molecule has 1 aromatic heterocycles. The van der Waals surface area contributed by atoms with Crippen LogP contribution in [0.2, 0.25) is 0 Å². The third kappa shape index (κ3) is 4.60. The minimum atomic E-state index is -0.233. The Hall–Kier alpha value is -1.82. The van der Waals surface area contributed by atoms with Gasteiger partial charge in [0.15, 0.2) is 5.76 Å². The van der Waals surface area contributed by atoms with Crippen LogP contribution in [0.5, 0.6) is 0 Å². The summed E-state index contributed by atoms with van der Waals surface area (Å²) in [6, 6.07) is 3.34. The maximum Gasteiger partial charge on any atom is 0.317 e. The molecule has 2 heterocycles. The number of Topliss-reactive ketones (excluding diaryl/α,β-unsaturated/α-hetero) is 1. The second-order valence-electron chi connectivity index (χ2n) is 6.34. The highest BCUT2D eigenvalue weighted by Crippen LogP contribution is 2.08. The van der Waals surface area contributed by atoms with E-state index in [0.29, 0.717) is 38.5 Å². The van der Waals surface area contributed by atoms with Crippen molar-refractivity contribution in [2.24, 2.45) is 0 Å². The van der Waals surface area contributed by atoms with Gasteiger partial charge in [-0.15, -0.1) is 0 Å². The molecule has 0 radical (unpaired) electrons. The number of piperazine rings is 1. The van der Waals surface area contributed by atoms with Gasteiger partial charge in [0.25, 0.3) is 0 Å². The van der Waals surface area contributed by atoms with Crippen molar-refractivity contribution in [3.05, 3.63) is 24.2 Å². The molecule has 1 saturated heterocycles. The molecular formula is C15H23N3O3. The molecule has 0 unspecified atom stereocenters. The molecule has 6 nitrogen and oxygen atoms in total. The molecular weight excluding hydrogens is 270 g/mol. The van der Waals surface area contributed by atoms with Gasteiger partial charge in [0.2, 0.25) is 5.78 Å². The lowest BCUT2D eigenvalue weighted by molar-refractivity contribution is 0.0849. The Morgan fingerprint density at radius 1 is 1.24 bits per heavy atom. The number of nitrogens with one attached hydrogen (secondary N) is 1. The lowest BCUT2D eigenvalue weighted by atomic mass is 10.1. The first kappa shape index (κ1) is 15.6. The van der Waals surface area contributed by atoms with Gasteiger partial charge in [-0.25, -0.2) is 4.79 Å². The van der Waals surface area contributed by atoms with E-state index in [1.54, 1.807) is 17.0 Å². The first-order valence-electron chi connectivity index (χ1n) is 7.21. The maximum absolute atomic E-state index is 12.0. The first-order valence-corrected chi connectivity index (χ1v) is 7.21. The zero-order valence-corrected chi connectivity index (χ0v) is 12.9. The Morgan fingerprint density at radius 2 is 1.90 bits per heavy atom. The Labute approximate surface area is 125 Å². The average molecular weight is 293 g/mol. The Morgan fingerprint density at radius 3 is 2.43 bits per heavy atom. The van der Waals surface area contributed by atoms with E-state index in [1.807, 2.05) is 25.7 Å². The molecule has 2 rings (SSSR count). The van der Waals surface area contributed by atoms with Crippen molar-refractivity contribution < 1.29 is 14.0 Å². The summed E-state index contributed by atoms with van der Waals surface area (Å²) in [4.78, 5) is 27.8. The van der Waals surface area contributed by atoms with Gasteiger partial charge in [0.1, 0.15) is 0 Å². The summed E-state index contributed by atoms with van der Waals surface area (Å²) in [5.41, 5.74) is -0.233. The molecule has 1 aliphatic heterocycles. The highest BCUT2D eigenvalue weighted by molar-refractivity contribution is 5.95. The van der Waals surface area contributed by atoms with E-state index in [2.05, 4.69) is 5.32 Å². The predicted octanol–water partition coefficient (Wildman–Crippen LogP) is 1.59. The van der Waals surface area contributed by atoms with Crippen LogP contribution in [0.25, 0.3) is 0 Å². The van der Waals surface area contributed by atoms with E-state index in [9.17, 15) is 9.59 Å². The topological polar surface area (TPSA) is 65.8 Å². The molecule has 2 amide bonds. The number of amides is 2. The van der Waals surface area contributed by atoms with Gasteiger partial charge in [-0.3, -0.25) is 9.69 Å². The van der Waals surface area contributed by atoms with Crippen LogP contribution < -0.4 is 5.32 Å². The van der Waals surface area contributed by atoms with Crippen molar-refractivity contribution >= 4 is 11.8 Å². The van der Waals surface area contributed by atoms with Gasteiger partial charge < -0.3 is 14.6 Å². The fraction of sp³-hybridized carbons (Fsp3) is 0.600. The zero-order valence-electron chi connectivity index (χ0n) is 12.9. The molecule has 1 aromatic rings. The highest BCUT2D eigenvalue weighted by atomic mass is 16.3. The first-order chi connectivity index (χ1) is 9.85. The van der Waals surface area contributed by atoms with E-state index in [-0.39, 0.29) is 17.4 Å². The number of hydrogen-bond donors (Lipinski definition) is 1. The summed E-state index contributed by atoms with van der Waals surface area (Å²) in [5, 5.41) is 2.95. The lowest BCUT2D eigenvalue weighted by Crippen LogP contribution is -2.55. The Balaban J connectivity index is 1.78. The van der Waals surface area contributed by atoms with Gasteiger partial charge in [-0.05, 0) is 32.9 Å². The van der Waals surface area contributed by atoms with Gasteiger partial charge in [0.05, 0.1) is 12.8 Å². The highest BCUT2D eigenvalue weighted by Gasteiger charge is 2.25. The van der Waals surface area contributed by atoms with Crippen molar-refractivity contribution in [1.82, 2.24) is 15.1 Å². The number of furan rings is 1. The van der Waals surface area contributed by atoms with Crippen LogP contribution in [0.3, 0.4) is 0 Å². The molecule has 0 aromatic carbocycles. The maximum atomic E-state index is 12.0. The predicted molar refractivity (Wildman–Crippen MR) is 79.3 cm³/mol. The standard InChI is InChI=1S/C15H23N3O3/c1-15(2,3)16-14(20)18-8-6-17(7-9-18)11-12(19)13-5-4-10-21-13/h4-5,10H,6-9,11H2,1-3H3,(H,16,20). The fourth-order valence-corrected chi connectivity index (χ4v) is 2.23. The van der Waals surface area contributed by atoms with Crippen molar-refractivity contribution in [2.45, 2.75) is 26.3 Å². The van der Waals surface area contributed by atoms with Crippen LogP contribution in [-0.4, -0.2) is 59.9 Å². The third-order valence-electron chi connectivity index (χ3n) is 3.30. The normalized spacial score (nSPS) is 16.8. The summed E-state index contributed by atoms with van der Waals surface area (Å²) in [5.74, 6) is 0.371. The van der Waals surface area contributed by atoms with E-state index in [4.69, 9.17) is 4.42 Å². The summed E-state index contributed by atoms with van der Waals surface area (Å²) in [6.07, 6.45) is 1.50. The summed E-state index contributed by atoms with van der Waals surface area (Å²) < 4.78 is 5.10. The van der Waals surface area contributed by atoms with E-state index in [0.717, 1.165) is 0 Å². The molecule has 21 heavy (non-hydrogen) atoms. The van der Waals surface area contributed by atoms with Gasteiger partial charge >= 0.3 is 6.03 Å². The molecule has 1 N–H and O–H groups in total. The Kier molecular flexibility index (Phi) is 4.67. The number of ketones is 1. The molecule has 0 spiro atoms. The van der Waals surface area contributed by atoms with Crippen LogP contribution in [-0.2, 0) is 0 Å². The molecule has 116 valence electrons. The SMILES string of the molecule is CC(C)(C)NC(=O)N1CCN(CC(=O)c2ccco2)CC1. The number of carbonyl (C=O) groups excluding carboxylic acids is 2. The fourth-order valence-electron chi connectivity index (χ4n) is 2.23. The number of nitrogens with zero attached hydrogens (tertiary/aromatic N) is 2. The van der Waals surface area contributed by atoms with Gasteiger partial charge in [-0.1, -0.05) is 0 Å². The number of rotatable bonds is 3. The van der Waals surface area contributed by atoms with Crippen LogP contribution in [0.1, 0.15) is 31.3 Å². The summed E-state index contributed by atoms with van der Waals surface area (Å²) >= 11 is 0. The second-order valence-corrected chi connectivity index (χ2v) is 6.34. The molecule has 0 aliphatic carbocycles. The quantitative estimate of drug-likeness (QED) is 0.860. The van der Waals surface area contributed by atoms with Crippen LogP contribution in [0.4, 0.5) is 4.79 Å². The second kappa shape index (κ2) is 6.30. The van der Waals surface area contributed by atoms with Crippen LogP contribution in [0.15, 0.2) is 22.8 Å². The van der Waals surface area contributed by atoms with Crippen LogP contribution in [0, 0.1) is 0 Å². The molecule has 6 heteroatoms. The van der Waals surface area contributed by atoms with Crippen molar-refractivity contribution in [1.29, 1.82) is 0 Å². The van der Waals surface area contributed by atoms with Crippen molar-refractivity contribution in [3.63, 3.8) is 0 Å². The van der Waals surface area contributed by atoms with Gasteiger partial charge in [0, 0.05) is 31.7 Å². The minimum Gasteiger partial charge on any atom is -0.461 e. The molecule has 0 saturated carbocycles. The van der Waals surface area contributed by atoms with Crippen molar-refractivity contribution in [2.75, 3.05) is 32.7 Å². The molecule has 1 fully saturated rings. The zero-order chi connectivity index (χ0) is 15.5. The molecule has 0 atom stereocenters. The monoisotopic (exact) mass is 293 g/mol. The van der Waals surface area contributed by atoms with E-state index in [1.165, 1.54) is 6.26 Å². The molecule has 0 bridgehead atoms. The lowest BCUT2D eigenvalue weighted by Gasteiger charge is -2.35. The van der Waals surface area contributed by atoms with Gasteiger partial charge in [-0.2, -0.15) is 0 Å². The van der Waals surface area contributed by atoms with E-state index >= 15 is 0 Å².